The Kier molecular flexibility index (Phi) is 22.2. The predicted octanol–water partition coefficient (Wildman–Crippen LogP) is 8.00. The molecular weight excluding hydrogens is 1010 g/mol. The second kappa shape index (κ2) is 28.2. The monoisotopic (exact) mass is 1070 g/mol. The third-order valence-electron chi connectivity index (χ3n) is 11.3. The average molecular weight is 1070 g/mol. The number of rotatable bonds is 23. The Balaban J connectivity index is 0.000000278. The van der Waals surface area contributed by atoms with Gasteiger partial charge in [0, 0.05) is 25.7 Å². The third kappa shape index (κ3) is 15.3. The predicted molar refractivity (Wildman–Crippen MR) is 267 cm³/mol. The lowest BCUT2D eigenvalue weighted by atomic mass is 9.98. The van der Waals surface area contributed by atoms with E-state index in [0.29, 0.717) is 37.6 Å². The van der Waals surface area contributed by atoms with Gasteiger partial charge in [-0.25, -0.2) is 24.4 Å². The Morgan fingerprint density at radius 1 is 0.649 bits per heavy atom. The van der Waals surface area contributed by atoms with Crippen molar-refractivity contribution >= 4 is 87.4 Å². The minimum Gasteiger partial charge on any atom is -0.434 e. The molecule has 6 rings (SSSR count). The van der Waals surface area contributed by atoms with E-state index < -0.39 is 67.5 Å². The van der Waals surface area contributed by atoms with E-state index in [9.17, 15) is 29.1 Å². The summed E-state index contributed by atoms with van der Waals surface area (Å²) in [5.74, 6) is 4.77. The fourth-order valence-corrected chi connectivity index (χ4v) is 7.86. The highest BCUT2D eigenvalue weighted by molar-refractivity contribution is 6.29. The lowest BCUT2D eigenvalue weighted by Gasteiger charge is -2.28. The number of ether oxygens (including phenoxy) is 8. The highest BCUT2D eigenvalue weighted by Gasteiger charge is 2.53. The van der Waals surface area contributed by atoms with Crippen LogP contribution in [-0.4, -0.2) is 131 Å². The van der Waals surface area contributed by atoms with Gasteiger partial charge >= 0.3 is 18.5 Å². The van der Waals surface area contributed by atoms with E-state index in [0.717, 1.165) is 38.5 Å². The molecule has 6 atom stereocenters. The standard InChI is InChI=1S/C26H34ClN5O8.C22H28ClN5O6/c1-5-9-10-11-18(33)29-21-20-22(31-23(27)30-21)32(16-28-20)19-14-17(39-25(35)37-13-7-3)26(8-4,40-19)15-38-24(34)36-12-6-2;1-4-7-8-9-15(30)25-18-17-19(27-20(23)26-18)28(13-24-17)16-11-14(29)22(6-3,34-16)12-33-21(31)32-10-5-2/h4,16-17,19H,5-7,9-15H2,1-3H3,(H,29,30,31,33);3,13-14,16,29H,4-5,7-12H2,1-2H3,(H,25,26,27,30)/t17-,19+,26+;14-,16+,22+/m00/s1. The molecule has 2 saturated heterocycles. The molecular formula is C48H62Cl2N10O14. The number of aliphatic hydroxyl groups is 1. The molecule has 74 heavy (non-hydrogen) atoms. The molecule has 24 nitrogen and oxygen atoms in total. The normalized spacial score (nSPS) is 20.9. The zero-order valence-corrected chi connectivity index (χ0v) is 43.4. The molecule has 402 valence electrons. The highest BCUT2D eigenvalue weighted by Crippen LogP contribution is 2.41. The second-order valence-corrected chi connectivity index (χ2v) is 17.7. The van der Waals surface area contributed by atoms with Crippen molar-refractivity contribution in [3.63, 3.8) is 0 Å². The first kappa shape index (κ1) is 58.3. The van der Waals surface area contributed by atoms with Crippen molar-refractivity contribution in [3.05, 3.63) is 23.2 Å². The number of terminal acetylenes is 2. The molecule has 0 saturated carbocycles. The lowest BCUT2D eigenvalue weighted by Crippen LogP contribution is -2.45. The maximum atomic E-state index is 12.4. The molecule has 0 unspecified atom stereocenters. The van der Waals surface area contributed by atoms with Crippen LogP contribution in [0, 0.1) is 24.7 Å². The van der Waals surface area contributed by atoms with Crippen LogP contribution in [-0.2, 0) is 47.5 Å². The van der Waals surface area contributed by atoms with Crippen LogP contribution in [0.3, 0.4) is 0 Å². The SMILES string of the molecule is C#C[C@]1(COC(=O)OCCC)O[C@@H](n2cnc3c(NC(=O)CCCCC)nc(Cl)nc32)C[C@@H]1O.C#C[C@]1(COC(=O)OCCC)O[C@@H](n2cnc3c(NC(=O)CCCCC)nc(Cl)nc32)C[C@@H]1OC(=O)OCCC. The van der Waals surface area contributed by atoms with E-state index >= 15 is 0 Å². The summed E-state index contributed by atoms with van der Waals surface area (Å²) in [7, 11) is 0. The molecule has 0 bridgehead atoms. The van der Waals surface area contributed by atoms with Crippen LogP contribution in [0.4, 0.5) is 26.0 Å². The van der Waals surface area contributed by atoms with Crippen LogP contribution in [0.25, 0.3) is 22.3 Å². The van der Waals surface area contributed by atoms with Gasteiger partial charge in [0.1, 0.15) is 31.8 Å². The number of carbonyl (C=O) groups excluding carboxylic acids is 5. The van der Waals surface area contributed by atoms with Crippen LogP contribution in [0.2, 0.25) is 10.6 Å². The number of carbonyl (C=O) groups is 5. The fourth-order valence-electron chi connectivity index (χ4n) is 7.53. The summed E-state index contributed by atoms with van der Waals surface area (Å²) in [4.78, 5) is 86.2. The fraction of sp³-hybridized carbons (Fsp3) is 0.604. The van der Waals surface area contributed by atoms with E-state index in [1.807, 2.05) is 27.7 Å². The first-order chi connectivity index (χ1) is 35.6. The molecule has 2 fully saturated rings. The van der Waals surface area contributed by atoms with E-state index in [2.05, 4.69) is 59.3 Å². The van der Waals surface area contributed by atoms with Crippen molar-refractivity contribution < 1.29 is 67.0 Å². The number of halogens is 2. The van der Waals surface area contributed by atoms with Crippen molar-refractivity contribution in [2.75, 3.05) is 43.7 Å². The van der Waals surface area contributed by atoms with E-state index in [4.69, 9.17) is 73.9 Å². The van der Waals surface area contributed by atoms with E-state index in [1.165, 1.54) is 21.8 Å². The summed E-state index contributed by atoms with van der Waals surface area (Å²) in [6, 6.07) is 0. The van der Waals surface area contributed by atoms with Crippen LogP contribution in [0.5, 0.6) is 0 Å². The van der Waals surface area contributed by atoms with Gasteiger partial charge in [-0.1, -0.05) is 72.1 Å². The number of anilines is 2. The third-order valence-corrected chi connectivity index (χ3v) is 11.7. The first-order valence-electron chi connectivity index (χ1n) is 24.4. The number of nitrogens with one attached hydrogen (secondary N) is 2. The van der Waals surface area contributed by atoms with Gasteiger partial charge in [-0.2, -0.15) is 19.9 Å². The van der Waals surface area contributed by atoms with Crippen molar-refractivity contribution in [3.8, 4) is 24.7 Å². The second-order valence-electron chi connectivity index (χ2n) is 17.0. The Hall–Kier alpha value is -6.57. The number of fused-ring (bicyclic) bond motifs is 2. The van der Waals surface area contributed by atoms with Gasteiger partial charge in [-0.15, -0.1) is 12.8 Å². The van der Waals surface area contributed by atoms with Gasteiger partial charge in [-0.05, 0) is 55.3 Å². The minimum atomic E-state index is -1.68. The van der Waals surface area contributed by atoms with Gasteiger partial charge in [0.25, 0.3) is 0 Å². The molecule has 4 aromatic rings. The summed E-state index contributed by atoms with van der Waals surface area (Å²) in [6.07, 6.45) is 15.6. The zero-order valence-electron chi connectivity index (χ0n) is 41.9. The Morgan fingerprint density at radius 2 is 1.08 bits per heavy atom. The molecule has 2 aliphatic rings. The number of hydrogen-bond donors (Lipinski definition) is 3. The molecule has 26 heteroatoms. The Labute approximate surface area is 437 Å². The zero-order chi connectivity index (χ0) is 53.8. The van der Waals surface area contributed by atoms with Crippen LogP contribution >= 0.6 is 23.2 Å². The molecule has 0 aliphatic carbocycles. The summed E-state index contributed by atoms with van der Waals surface area (Å²) >= 11 is 12.3. The highest BCUT2D eigenvalue weighted by atomic mass is 35.5. The van der Waals surface area contributed by atoms with Gasteiger partial charge in [0.15, 0.2) is 45.7 Å². The van der Waals surface area contributed by atoms with Crippen molar-refractivity contribution in [1.82, 2.24) is 39.0 Å². The number of hydrogen-bond acceptors (Lipinski definition) is 20. The molecule has 2 amide bonds. The molecule has 0 radical (unpaired) electrons. The quantitative estimate of drug-likeness (QED) is 0.0208. The maximum Gasteiger partial charge on any atom is 0.508 e. The van der Waals surface area contributed by atoms with Gasteiger partial charge in [0.05, 0.1) is 32.5 Å². The Bertz CT molecular complexity index is 2660. The number of aromatic nitrogens is 8. The maximum absolute atomic E-state index is 12.4. The van der Waals surface area contributed by atoms with E-state index in [1.54, 1.807) is 0 Å². The molecule has 0 spiro atoms. The molecule has 3 N–H and O–H groups in total. The molecule has 4 aromatic heterocycles. The largest absolute Gasteiger partial charge is 0.508 e. The van der Waals surface area contributed by atoms with Crippen molar-refractivity contribution in [2.24, 2.45) is 0 Å². The minimum absolute atomic E-state index is 0.0323. The summed E-state index contributed by atoms with van der Waals surface area (Å²) in [5.41, 5.74) is -2.14. The summed E-state index contributed by atoms with van der Waals surface area (Å²) in [5, 5.41) is 15.9. The number of aliphatic hydroxyl groups excluding tert-OH is 1. The van der Waals surface area contributed by atoms with Gasteiger partial charge in [-0.3, -0.25) is 18.7 Å². The summed E-state index contributed by atoms with van der Waals surface area (Å²) in [6.45, 7) is 9.27. The van der Waals surface area contributed by atoms with Crippen molar-refractivity contribution in [1.29, 1.82) is 0 Å². The topological polar surface area (TPSA) is 291 Å². The molecule has 2 aliphatic heterocycles. The first-order valence-corrected chi connectivity index (χ1v) is 25.2. The van der Waals surface area contributed by atoms with Crippen LogP contribution < -0.4 is 10.6 Å². The van der Waals surface area contributed by atoms with Crippen molar-refractivity contribution in [2.45, 2.75) is 154 Å². The number of imidazole rings is 2. The molecule has 6 heterocycles. The average Bonchev–Trinajstić information content (AvgIpc) is 4.17. The van der Waals surface area contributed by atoms with Crippen LogP contribution in [0.1, 0.15) is 131 Å². The smallest absolute Gasteiger partial charge is 0.434 e. The van der Waals surface area contributed by atoms with Gasteiger partial charge in [0.2, 0.25) is 28.0 Å². The Morgan fingerprint density at radius 3 is 1.53 bits per heavy atom. The van der Waals surface area contributed by atoms with Gasteiger partial charge < -0.3 is 53.6 Å². The molecule has 0 aromatic carbocycles. The number of amides is 2. The lowest BCUT2D eigenvalue weighted by molar-refractivity contribution is -0.117. The van der Waals surface area contributed by atoms with E-state index in [-0.39, 0.29) is 83.5 Å². The number of unbranched alkanes of at least 4 members (excludes halogenated alkanes) is 4. The van der Waals surface area contributed by atoms with Crippen LogP contribution in [0.15, 0.2) is 12.7 Å². The summed E-state index contributed by atoms with van der Waals surface area (Å²) < 4.78 is 45.9. The number of nitrogens with zero attached hydrogens (tertiary/aromatic N) is 8.